The number of carbonyl (C=O) groups excluding carboxylic acids is 2. The van der Waals surface area contributed by atoms with Gasteiger partial charge in [0.2, 0.25) is 11.8 Å². The van der Waals surface area contributed by atoms with Gasteiger partial charge in [-0.15, -0.1) is 0 Å². The number of benzene rings is 1. The standard InChI is InChI=1S/C18H20BrN3O3/c1-3-10-7-16(23)22-15(10)9-25-18-12-5-4-11(17(24)20-2)6-13(12)14(19)8-21-18/h4-6,8,10,15H,3,7,9H2,1-2H3,(H,20,24)(H,22,23)/t10-,15-/m1/s1. The number of fused-ring (bicyclic) bond motifs is 1. The molecule has 1 aromatic heterocycles. The first-order chi connectivity index (χ1) is 12.0. The first-order valence-electron chi connectivity index (χ1n) is 8.26. The Morgan fingerprint density at radius 3 is 2.96 bits per heavy atom. The number of carbonyl (C=O) groups is 2. The predicted octanol–water partition coefficient (Wildman–Crippen LogP) is 2.65. The minimum absolute atomic E-state index is 0.00291. The van der Waals surface area contributed by atoms with Crippen LogP contribution in [0, 0.1) is 5.92 Å². The summed E-state index contributed by atoms with van der Waals surface area (Å²) in [4.78, 5) is 27.8. The topological polar surface area (TPSA) is 80.3 Å². The summed E-state index contributed by atoms with van der Waals surface area (Å²) in [5, 5.41) is 7.25. The molecule has 1 aromatic carbocycles. The average Bonchev–Trinajstić information content (AvgIpc) is 3.00. The minimum atomic E-state index is -0.146. The molecule has 2 N–H and O–H groups in total. The third-order valence-electron chi connectivity index (χ3n) is 4.58. The van der Waals surface area contributed by atoms with Crippen LogP contribution in [0.4, 0.5) is 0 Å². The zero-order valence-electron chi connectivity index (χ0n) is 14.1. The van der Waals surface area contributed by atoms with Crippen molar-refractivity contribution in [1.82, 2.24) is 15.6 Å². The van der Waals surface area contributed by atoms with Crippen molar-refractivity contribution < 1.29 is 14.3 Å². The van der Waals surface area contributed by atoms with E-state index in [1.807, 2.05) is 6.07 Å². The van der Waals surface area contributed by atoms with Crippen molar-refractivity contribution in [2.24, 2.45) is 5.92 Å². The Labute approximate surface area is 154 Å². The second kappa shape index (κ2) is 7.39. The van der Waals surface area contributed by atoms with E-state index in [0.29, 0.717) is 24.5 Å². The maximum Gasteiger partial charge on any atom is 0.251 e. The van der Waals surface area contributed by atoms with Crippen molar-refractivity contribution in [3.63, 3.8) is 0 Å². The molecule has 1 aliphatic rings. The van der Waals surface area contributed by atoms with E-state index < -0.39 is 0 Å². The monoisotopic (exact) mass is 405 g/mol. The van der Waals surface area contributed by atoms with Gasteiger partial charge in [-0.25, -0.2) is 4.98 Å². The highest BCUT2D eigenvalue weighted by molar-refractivity contribution is 9.10. The fourth-order valence-electron chi connectivity index (χ4n) is 3.12. The molecule has 0 spiro atoms. The zero-order chi connectivity index (χ0) is 18.0. The van der Waals surface area contributed by atoms with Gasteiger partial charge in [0, 0.05) is 40.5 Å². The number of ether oxygens (including phenoxy) is 1. The van der Waals surface area contributed by atoms with Crippen LogP contribution in [0.3, 0.4) is 0 Å². The number of halogens is 1. The second-order valence-corrected chi connectivity index (χ2v) is 6.96. The lowest BCUT2D eigenvalue weighted by molar-refractivity contribution is -0.119. The first kappa shape index (κ1) is 17.7. The van der Waals surface area contributed by atoms with Gasteiger partial charge in [0.1, 0.15) is 6.61 Å². The summed E-state index contributed by atoms with van der Waals surface area (Å²) in [5.74, 6) is 0.712. The number of rotatable bonds is 5. The molecule has 0 saturated carbocycles. The molecule has 0 unspecified atom stereocenters. The normalized spacial score (nSPS) is 19.7. The second-order valence-electron chi connectivity index (χ2n) is 6.11. The molecule has 0 aliphatic carbocycles. The van der Waals surface area contributed by atoms with E-state index in [0.717, 1.165) is 21.7 Å². The minimum Gasteiger partial charge on any atom is -0.475 e. The quantitative estimate of drug-likeness (QED) is 0.800. The van der Waals surface area contributed by atoms with Crippen LogP contribution < -0.4 is 15.4 Å². The van der Waals surface area contributed by atoms with Gasteiger partial charge in [-0.1, -0.05) is 13.3 Å². The van der Waals surface area contributed by atoms with Gasteiger partial charge >= 0.3 is 0 Å². The predicted molar refractivity (Wildman–Crippen MR) is 98.7 cm³/mol. The van der Waals surface area contributed by atoms with Crippen molar-refractivity contribution in [2.45, 2.75) is 25.8 Å². The lowest BCUT2D eigenvalue weighted by Crippen LogP contribution is -2.34. The maximum absolute atomic E-state index is 11.8. The Bertz CT molecular complexity index is 825. The van der Waals surface area contributed by atoms with Crippen LogP contribution in [0.25, 0.3) is 10.8 Å². The SMILES string of the molecule is CC[C@@H]1CC(=O)N[C@@H]1COc1ncc(Br)c2cc(C(=O)NC)ccc12. The van der Waals surface area contributed by atoms with Gasteiger partial charge in [-0.05, 0) is 40.0 Å². The molecular weight excluding hydrogens is 386 g/mol. The molecule has 1 fully saturated rings. The smallest absolute Gasteiger partial charge is 0.251 e. The number of pyridine rings is 1. The number of hydrogen-bond donors (Lipinski definition) is 2. The van der Waals surface area contributed by atoms with Gasteiger partial charge < -0.3 is 15.4 Å². The van der Waals surface area contributed by atoms with Crippen molar-refractivity contribution in [3.05, 3.63) is 34.4 Å². The highest BCUT2D eigenvalue weighted by atomic mass is 79.9. The number of hydrogen-bond acceptors (Lipinski definition) is 4. The molecule has 25 heavy (non-hydrogen) atoms. The van der Waals surface area contributed by atoms with Crippen molar-refractivity contribution in [2.75, 3.05) is 13.7 Å². The van der Waals surface area contributed by atoms with Crippen LogP contribution in [0.5, 0.6) is 5.88 Å². The number of nitrogens with zero attached hydrogens (tertiary/aromatic N) is 1. The Morgan fingerprint density at radius 1 is 1.44 bits per heavy atom. The summed E-state index contributed by atoms with van der Waals surface area (Å²) in [6, 6.07) is 5.38. The largest absolute Gasteiger partial charge is 0.475 e. The van der Waals surface area contributed by atoms with Crippen LogP contribution in [-0.4, -0.2) is 36.5 Å². The van der Waals surface area contributed by atoms with Gasteiger partial charge in [0.15, 0.2) is 0 Å². The Hall–Kier alpha value is -2.15. The molecule has 6 nitrogen and oxygen atoms in total. The summed E-state index contributed by atoms with van der Waals surface area (Å²) in [6.07, 6.45) is 3.14. The van der Waals surface area contributed by atoms with Crippen LogP contribution in [0.1, 0.15) is 30.1 Å². The van der Waals surface area contributed by atoms with E-state index in [1.54, 1.807) is 25.4 Å². The molecule has 2 aromatic rings. The summed E-state index contributed by atoms with van der Waals surface area (Å²) in [6.45, 7) is 2.46. The van der Waals surface area contributed by atoms with Crippen LogP contribution >= 0.6 is 15.9 Å². The molecule has 0 bridgehead atoms. The van der Waals surface area contributed by atoms with Gasteiger partial charge in [-0.2, -0.15) is 0 Å². The van der Waals surface area contributed by atoms with Gasteiger partial charge in [0.25, 0.3) is 5.91 Å². The highest BCUT2D eigenvalue weighted by Gasteiger charge is 2.31. The van der Waals surface area contributed by atoms with Crippen molar-refractivity contribution >= 4 is 38.5 Å². The first-order valence-corrected chi connectivity index (χ1v) is 9.05. The van der Waals surface area contributed by atoms with Crippen LogP contribution in [-0.2, 0) is 4.79 Å². The summed E-state index contributed by atoms with van der Waals surface area (Å²) in [5.41, 5.74) is 0.571. The Kier molecular flexibility index (Phi) is 5.22. The Balaban J connectivity index is 1.86. The maximum atomic E-state index is 11.8. The highest BCUT2D eigenvalue weighted by Crippen LogP contribution is 2.31. The molecule has 0 radical (unpaired) electrons. The fourth-order valence-corrected chi connectivity index (χ4v) is 3.55. The average molecular weight is 406 g/mol. The number of nitrogens with one attached hydrogen (secondary N) is 2. The van der Waals surface area contributed by atoms with Crippen molar-refractivity contribution in [3.8, 4) is 5.88 Å². The third kappa shape index (κ3) is 3.61. The van der Waals surface area contributed by atoms with E-state index >= 15 is 0 Å². The molecule has 132 valence electrons. The number of amides is 2. The third-order valence-corrected chi connectivity index (χ3v) is 5.21. The summed E-state index contributed by atoms with van der Waals surface area (Å²) < 4.78 is 6.71. The molecule has 2 heterocycles. The zero-order valence-corrected chi connectivity index (χ0v) is 15.7. The van der Waals surface area contributed by atoms with Crippen molar-refractivity contribution in [1.29, 1.82) is 0 Å². The van der Waals surface area contributed by atoms with E-state index in [9.17, 15) is 9.59 Å². The molecule has 1 saturated heterocycles. The molecule has 2 amide bonds. The van der Waals surface area contributed by atoms with Crippen LogP contribution in [0.2, 0.25) is 0 Å². The molecular formula is C18H20BrN3O3. The van der Waals surface area contributed by atoms with Gasteiger partial charge in [-0.3, -0.25) is 9.59 Å². The van der Waals surface area contributed by atoms with E-state index in [2.05, 4.69) is 38.5 Å². The summed E-state index contributed by atoms with van der Waals surface area (Å²) in [7, 11) is 1.60. The number of aromatic nitrogens is 1. The molecule has 1 aliphatic heterocycles. The van der Waals surface area contributed by atoms with E-state index in [-0.39, 0.29) is 23.8 Å². The lowest BCUT2D eigenvalue weighted by Gasteiger charge is -2.18. The molecule has 2 atom stereocenters. The van der Waals surface area contributed by atoms with Crippen LogP contribution in [0.15, 0.2) is 28.9 Å². The summed E-state index contributed by atoms with van der Waals surface area (Å²) >= 11 is 3.48. The fraction of sp³-hybridized carbons (Fsp3) is 0.389. The van der Waals surface area contributed by atoms with E-state index in [1.165, 1.54) is 0 Å². The van der Waals surface area contributed by atoms with Gasteiger partial charge in [0.05, 0.1) is 6.04 Å². The Morgan fingerprint density at radius 2 is 2.24 bits per heavy atom. The molecule has 3 rings (SSSR count). The lowest BCUT2D eigenvalue weighted by atomic mass is 9.98. The molecule has 7 heteroatoms. The van der Waals surface area contributed by atoms with E-state index in [4.69, 9.17) is 4.74 Å².